The van der Waals surface area contributed by atoms with Crippen LogP contribution in [-0.2, 0) is 0 Å². The van der Waals surface area contributed by atoms with Gasteiger partial charge in [-0.05, 0) is 25.0 Å². The van der Waals surface area contributed by atoms with E-state index in [4.69, 9.17) is 4.42 Å². The van der Waals surface area contributed by atoms with Crippen molar-refractivity contribution in [1.29, 1.82) is 0 Å². The van der Waals surface area contributed by atoms with E-state index in [0.29, 0.717) is 5.58 Å². The number of para-hydroxylation sites is 1. The number of aliphatic hydroxyl groups excluding tert-OH is 1. The predicted molar refractivity (Wildman–Crippen MR) is 56.6 cm³/mol. The van der Waals surface area contributed by atoms with Gasteiger partial charge in [-0.25, -0.2) is 4.39 Å². The number of aliphatic hydroxyl groups is 1. The van der Waals surface area contributed by atoms with E-state index in [-0.39, 0.29) is 23.7 Å². The number of anilines is 1. The highest BCUT2D eigenvalue weighted by molar-refractivity contribution is 5.74. The quantitative estimate of drug-likeness (QED) is 0.814. The van der Waals surface area contributed by atoms with E-state index in [1.807, 2.05) is 0 Å². The van der Waals surface area contributed by atoms with Gasteiger partial charge in [-0.3, -0.25) is 0 Å². The van der Waals surface area contributed by atoms with Gasteiger partial charge < -0.3 is 14.8 Å². The number of halogens is 1. The Kier molecular flexibility index (Phi) is 2.07. The molecule has 0 aliphatic heterocycles. The number of hydrogen-bond acceptors (Lipinski definition) is 4. The van der Waals surface area contributed by atoms with Crippen molar-refractivity contribution in [2.45, 2.75) is 25.0 Å². The molecule has 0 radical (unpaired) electrons. The molecule has 0 unspecified atom stereocenters. The van der Waals surface area contributed by atoms with Crippen LogP contribution in [0.2, 0.25) is 0 Å². The van der Waals surface area contributed by atoms with Crippen LogP contribution in [0.15, 0.2) is 22.6 Å². The summed E-state index contributed by atoms with van der Waals surface area (Å²) >= 11 is 0. The Labute approximate surface area is 91.1 Å². The summed E-state index contributed by atoms with van der Waals surface area (Å²) in [5.41, 5.74) is 0.634. The number of nitrogens with zero attached hydrogens (tertiary/aromatic N) is 1. The average molecular weight is 222 g/mol. The first-order valence-corrected chi connectivity index (χ1v) is 5.24. The highest BCUT2D eigenvalue weighted by atomic mass is 19.1. The molecule has 0 bridgehead atoms. The highest BCUT2D eigenvalue weighted by Gasteiger charge is 2.29. The second-order valence-electron chi connectivity index (χ2n) is 4.00. The first-order valence-electron chi connectivity index (χ1n) is 5.24. The van der Waals surface area contributed by atoms with Gasteiger partial charge >= 0.3 is 0 Å². The number of hydrogen-bond donors (Lipinski definition) is 2. The number of rotatable bonds is 2. The van der Waals surface area contributed by atoms with Crippen LogP contribution >= 0.6 is 0 Å². The van der Waals surface area contributed by atoms with Crippen LogP contribution in [0, 0.1) is 5.82 Å². The Morgan fingerprint density at radius 3 is 2.94 bits per heavy atom. The smallest absolute Gasteiger partial charge is 0.296 e. The number of oxazole rings is 1. The van der Waals surface area contributed by atoms with Gasteiger partial charge in [0.05, 0.1) is 12.1 Å². The molecule has 0 spiro atoms. The third kappa shape index (κ3) is 1.44. The van der Waals surface area contributed by atoms with Crippen LogP contribution in [0.3, 0.4) is 0 Å². The largest absolute Gasteiger partial charge is 0.423 e. The Bertz CT molecular complexity index is 526. The summed E-state index contributed by atoms with van der Waals surface area (Å²) < 4.78 is 18.6. The van der Waals surface area contributed by atoms with Gasteiger partial charge in [-0.1, -0.05) is 6.07 Å². The molecule has 1 aliphatic rings. The van der Waals surface area contributed by atoms with Crippen molar-refractivity contribution in [1.82, 2.24) is 4.98 Å². The van der Waals surface area contributed by atoms with Crippen LogP contribution < -0.4 is 5.32 Å². The maximum atomic E-state index is 13.3. The molecule has 0 amide bonds. The van der Waals surface area contributed by atoms with Crippen molar-refractivity contribution in [3.8, 4) is 0 Å². The van der Waals surface area contributed by atoms with Gasteiger partial charge in [0, 0.05) is 0 Å². The van der Waals surface area contributed by atoms with Crippen LogP contribution in [0.5, 0.6) is 0 Å². The average Bonchev–Trinajstić information content (AvgIpc) is 2.68. The number of benzene rings is 1. The summed E-state index contributed by atoms with van der Waals surface area (Å²) in [7, 11) is 0. The zero-order valence-electron chi connectivity index (χ0n) is 8.48. The topological polar surface area (TPSA) is 58.3 Å². The van der Waals surface area contributed by atoms with E-state index >= 15 is 0 Å². The number of aromatic nitrogens is 1. The molecule has 2 atom stereocenters. The summed E-state index contributed by atoms with van der Waals surface area (Å²) in [6.45, 7) is 0. The van der Waals surface area contributed by atoms with E-state index in [1.165, 1.54) is 6.07 Å². The van der Waals surface area contributed by atoms with Crippen molar-refractivity contribution in [3.05, 3.63) is 24.0 Å². The van der Waals surface area contributed by atoms with Gasteiger partial charge in [0.1, 0.15) is 5.52 Å². The Morgan fingerprint density at radius 1 is 1.44 bits per heavy atom. The molecule has 0 saturated heterocycles. The van der Waals surface area contributed by atoms with Crippen LogP contribution in [-0.4, -0.2) is 22.2 Å². The minimum Gasteiger partial charge on any atom is -0.423 e. The van der Waals surface area contributed by atoms with E-state index in [2.05, 4.69) is 10.3 Å². The third-order valence-corrected chi connectivity index (χ3v) is 2.92. The van der Waals surface area contributed by atoms with Crippen LogP contribution in [0.4, 0.5) is 10.4 Å². The molecule has 1 aromatic carbocycles. The Morgan fingerprint density at radius 2 is 2.31 bits per heavy atom. The Hall–Kier alpha value is -1.62. The summed E-state index contributed by atoms with van der Waals surface area (Å²) in [5, 5.41) is 12.3. The van der Waals surface area contributed by atoms with Crippen LogP contribution in [0.1, 0.15) is 12.8 Å². The van der Waals surface area contributed by atoms with E-state index in [0.717, 1.165) is 12.8 Å². The summed E-state index contributed by atoms with van der Waals surface area (Å²) in [4.78, 5) is 4.00. The van der Waals surface area contributed by atoms with Crippen molar-refractivity contribution >= 4 is 17.1 Å². The Balaban J connectivity index is 1.90. The van der Waals surface area contributed by atoms with Crippen molar-refractivity contribution in [2.75, 3.05) is 5.32 Å². The molecule has 1 heterocycles. The summed E-state index contributed by atoms with van der Waals surface area (Å²) in [6.07, 6.45) is 1.30. The molecule has 1 aromatic heterocycles. The molecule has 16 heavy (non-hydrogen) atoms. The lowest BCUT2D eigenvalue weighted by molar-refractivity contribution is 0.0775. The minimum atomic E-state index is -0.400. The zero-order valence-corrected chi connectivity index (χ0v) is 8.48. The van der Waals surface area contributed by atoms with Gasteiger partial charge in [0.15, 0.2) is 11.4 Å². The molecular formula is C11H11FN2O2. The van der Waals surface area contributed by atoms with Crippen molar-refractivity contribution in [3.63, 3.8) is 0 Å². The van der Waals surface area contributed by atoms with Gasteiger partial charge in [0.25, 0.3) is 6.01 Å². The lowest BCUT2D eigenvalue weighted by Crippen LogP contribution is -2.42. The van der Waals surface area contributed by atoms with Gasteiger partial charge in [-0.15, -0.1) is 0 Å². The van der Waals surface area contributed by atoms with E-state index in [1.54, 1.807) is 12.1 Å². The summed E-state index contributed by atoms with van der Waals surface area (Å²) in [6, 6.07) is 4.81. The molecule has 2 aromatic rings. The fourth-order valence-electron chi connectivity index (χ4n) is 1.79. The van der Waals surface area contributed by atoms with E-state index < -0.39 is 5.82 Å². The lowest BCUT2D eigenvalue weighted by Gasteiger charge is -2.32. The molecule has 4 nitrogen and oxygen atoms in total. The van der Waals surface area contributed by atoms with Crippen LogP contribution in [0.25, 0.3) is 11.1 Å². The molecule has 1 aliphatic carbocycles. The van der Waals surface area contributed by atoms with Gasteiger partial charge in [-0.2, -0.15) is 4.98 Å². The SMILES string of the molecule is O[C@@H]1CC[C@H]1Nc1nc2c(F)cccc2o1. The zero-order chi connectivity index (χ0) is 11.1. The molecule has 1 saturated carbocycles. The number of fused-ring (bicyclic) bond motifs is 1. The predicted octanol–water partition coefficient (Wildman–Crippen LogP) is 1.90. The first-order chi connectivity index (χ1) is 7.74. The summed E-state index contributed by atoms with van der Waals surface area (Å²) in [5.74, 6) is -0.400. The fraction of sp³-hybridized carbons (Fsp3) is 0.364. The fourth-order valence-corrected chi connectivity index (χ4v) is 1.79. The second kappa shape index (κ2) is 3.45. The molecule has 2 N–H and O–H groups in total. The second-order valence-corrected chi connectivity index (χ2v) is 4.00. The first kappa shape index (κ1) is 9.59. The third-order valence-electron chi connectivity index (χ3n) is 2.92. The van der Waals surface area contributed by atoms with Crippen molar-refractivity contribution < 1.29 is 13.9 Å². The maximum Gasteiger partial charge on any atom is 0.296 e. The molecular weight excluding hydrogens is 211 g/mol. The molecule has 1 fully saturated rings. The molecule has 84 valence electrons. The normalized spacial score (nSPS) is 24.4. The maximum absolute atomic E-state index is 13.3. The van der Waals surface area contributed by atoms with Crippen molar-refractivity contribution in [2.24, 2.45) is 0 Å². The molecule has 5 heteroatoms. The number of nitrogens with one attached hydrogen (secondary N) is 1. The minimum absolute atomic E-state index is 0.0314. The standard InChI is InChI=1S/C11H11FN2O2/c12-6-2-1-3-9-10(6)14-11(16-9)13-7-4-5-8(7)15/h1-3,7-8,15H,4-5H2,(H,13,14)/t7-,8-/m1/s1. The highest BCUT2D eigenvalue weighted by Crippen LogP contribution is 2.26. The molecule has 3 rings (SSSR count). The van der Waals surface area contributed by atoms with Gasteiger partial charge in [0.2, 0.25) is 0 Å². The van der Waals surface area contributed by atoms with E-state index in [9.17, 15) is 9.50 Å². The monoisotopic (exact) mass is 222 g/mol. The lowest BCUT2D eigenvalue weighted by atomic mass is 9.89.